The van der Waals surface area contributed by atoms with Crippen LogP contribution in [0.25, 0.3) is 0 Å². The molecule has 4 nitrogen and oxygen atoms in total. The Labute approximate surface area is 109 Å². The van der Waals surface area contributed by atoms with E-state index in [-0.39, 0.29) is 11.4 Å². The molecule has 0 radical (unpaired) electrons. The molecule has 0 aliphatic heterocycles. The number of hydrogen-bond donors (Lipinski definition) is 1. The van der Waals surface area contributed by atoms with Crippen molar-refractivity contribution in [2.24, 2.45) is 0 Å². The van der Waals surface area contributed by atoms with Gasteiger partial charge in [-0.3, -0.25) is 4.79 Å². The maximum absolute atomic E-state index is 12.1. The molecule has 0 atom stereocenters. The van der Waals surface area contributed by atoms with Gasteiger partial charge in [0.2, 0.25) is 0 Å². The molecule has 0 unspecified atom stereocenters. The lowest BCUT2D eigenvalue weighted by Gasteiger charge is -2.29. The Morgan fingerprint density at radius 1 is 1.39 bits per heavy atom. The third-order valence-electron chi connectivity index (χ3n) is 2.50. The van der Waals surface area contributed by atoms with Crippen LogP contribution in [0.5, 0.6) is 5.75 Å². The van der Waals surface area contributed by atoms with E-state index in [1.54, 1.807) is 19.2 Å². The van der Waals surface area contributed by atoms with Crippen LogP contribution in [0.15, 0.2) is 24.3 Å². The van der Waals surface area contributed by atoms with Gasteiger partial charge in [-0.1, -0.05) is 6.07 Å². The van der Waals surface area contributed by atoms with E-state index in [0.29, 0.717) is 11.3 Å². The molecular formula is C14H22N2O2. The van der Waals surface area contributed by atoms with Crippen LogP contribution < -0.4 is 10.1 Å². The topological polar surface area (TPSA) is 41.6 Å². The van der Waals surface area contributed by atoms with Gasteiger partial charge in [-0.15, -0.1) is 0 Å². The van der Waals surface area contributed by atoms with Crippen LogP contribution in [0.3, 0.4) is 0 Å². The van der Waals surface area contributed by atoms with Crippen LogP contribution in [0, 0.1) is 0 Å². The zero-order valence-corrected chi connectivity index (χ0v) is 11.8. The predicted molar refractivity (Wildman–Crippen MR) is 73.1 cm³/mol. The van der Waals surface area contributed by atoms with Crippen molar-refractivity contribution < 1.29 is 9.53 Å². The fourth-order valence-corrected chi connectivity index (χ4v) is 1.97. The van der Waals surface area contributed by atoms with E-state index >= 15 is 0 Å². The third-order valence-corrected chi connectivity index (χ3v) is 2.50. The molecule has 0 heterocycles. The van der Waals surface area contributed by atoms with Crippen molar-refractivity contribution in [3.05, 3.63) is 29.8 Å². The van der Waals surface area contributed by atoms with Crippen LogP contribution >= 0.6 is 0 Å². The van der Waals surface area contributed by atoms with Gasteiger partial charge in [-0.25, -0.2) is 0 Å². The van der Waals surface area contributed by atoms with Crippen molar-refractivity contribution in [2.45, 2.75) is 19.4 Å². The molecule has 1 aromatic rings. The van der Waals surface area contributed by atoms with Crippen LogP contribution in [-0.2, 0) is 0 Å². The highest BCUT2D eigenvalue weighted by molar-refractivity contribution is 5.95. The average Bonchev–Trinajstić information content (AvgIpc) is 2.26. The smallest absolute Gasteiger partial charge is 0.251 e. The Kier molecular flexibility index (Phi) is 4.73. The van der Waals surface area contributed by atoms with E-state index in [1.807, 2.05) is 45.0 Å². The summed E-state index contributed by atoms with van der Waals surface area (Å²) >= 11 is 0. The number of nitrogens with zero attached hydrogens (tertiary/aromatic N) is 1. The minimum atomic E-state index is -0.274. The molecule has 0 fully saturated rings. The fourth-order valence-electron chi connectivity index (χ4n) is 1.97. The maximum Gasteiger partial charge on any atom is 0.251 e. The Balaban J connectivity index is 2.75. The number of benzene rings is 1. The van der Waals surface area contributed by atoms with E-state index in [9.17, 15) is 4.79 Å². The first kappa shape index (κ1) is 14.5. The molecule has 0 spiro atoms. The molecule has 0 aromatic heterocycles. The van der Waals surface area contributed by atoms with Crippen LogP contribution in [0.2, 0.25) is 0 Å². The van der Waals surface area contributed by atoms with Gasteiger partial charge in [0.05, 0.1) is 7.11 Å². The number of rotatable bonds is 5. The average molecular weight is 250 g/mol. The highest BCUT2D eigenvalue weighted by Gasteiger charge is 2.22. The van der Waals surface area contributed by atoms with Gasteiger partial charge in [0.1, 0.15) is 5.75 Å². The summed E-state index contributed by atoms with van der Waals surface area (Å²) in [5.41, 5.74) is 0.338. The first-order chi connectivity index (χ1) is 8.34. The van der Waals surface area contributed by atoms with Crippen LogP contribution in [-0.4, -0.2) is 44.1 Å². The number of likely N-dealkylation sites (N-methyl/N-ethyl adjacent to an activating group) is 1. The second-order valence-corrected chi connectivity index (χ2v) is 5.31. The molecule has 1 N–H and O–H groups in total. The fraction of sp³-hybridized carbons (Fsp3) is 0.500. The summed E-state index contributed by atoms with van der Waals surface area (Å²) in [5, 5.41) is 3.02. The molecule has 100 valence electrons. The normalized spacial score (nSPS) is 11.4. The van der Waals surface area contributed by atoms with Crippen molar-refractivity contribution in [2.75, 3.05) is 27.7 Å². The molecule has 1 amide bonds. The van der Waals surface area contributed by atoms with Crippen molar-refractivity contribution >= 4 is 5.91 Å². The number of amides is 1. The Morgan fingerprint density at radius 3 is 2.61 bits per heavy atom. The van der Waals surface area contributed by atoms with Crippen molar-refractivity contribution in [3.8, 4) is 5.75 Å². The molecule has 1 rings (SSSR count). The van der Waals surface area contributed by atoms with Crippen LogP contribution in [0.1, 0.15) is 24.2 Å². The molecule has 0 saturated heterocycles. The highest BCUT2D eigenvalue weighted by atomic mass is 16.5. The van der Waals surface area contributed by atoms with E-state index in [0.717, 1.165) is 6.54 Å². The second-order valence-electron chi connectivity index (χ2n) is 5.31. The van der Waals surface area contributed by atoms with E-state index in [4.69, 9.17) is 4.74 Å². The first-order valence-corrected chi connectivity index (χ1v) is 5.95. The lowest BCUT2D eigenvalue weighted by atomic mass is 10.0. The molecule has 4 heteroatoms. The number of methoxy groups -OCH3 is 1. The van der Waals surface area contributed by atoms with Gasteiger partial charge in [-0.05, 0) is 46.1 Å². The Hall–Kier alpha value is -1.55. The summed E-state index contributed by atoms with van der Waals surface area (Å²) in [6, 6.07) is 7.15. The van der Waals surface area contributed by atoms with Gasteiger partial charge < -0.3 is 15.0 Å². The summed E-state index contributed by atoms with van der Waals surface area (Å²) in [4.78, 5) is 14.2. The first-order valence-electron chi connectivity index (χ1n) is 5.95. The SMILES string of the molecule is COc1cccc(C(=O)NC(C)(C)CN(C)C)c1. The van der Waals surface area contributed by atoms with E-state index in [2.05, 4.69) is 5.32 Å². The van der Waals surface area contributed by atoms with E-state index < -0.39 is 0 Å². The summed E-state index contributed by atoms with van der Waals surface area (Å²) in [6.07, 6.45) is 0. The zero-order valence-electron chi connectivity index (χ0n) is 11.8. The maximum atomic E-state index is 12.1. The van der Waals surface area contributed by atoms with Crippen molar-refractivity contribution in [3.63, 3.8) is 0 Å². The van der Waals surface area contributed by atoms with Crippen molar-refractivity contribution in [1.82, 2.24) is 10.2 Å². The van der Waals surface area contributed by atoms with Gasteiger partial charge in [-0.2, -0.15) is 0 Å². The van der Waals surface area contributed by atoms with Crippen molar-refractivity contribution in [1.29, 1.82) is 0 Å². The standard InChI is InChI=1S/C14H22N2O2/c1-14(2,10-16(3)4)15-13(17)11-7-6-8-12(9-11)18-5/h6-9H,10H2,1-5H3,(H,15,17). The monoisotopic (exact) mass is 250 g/mol. The highest BCUT2D eigenvalue weighted by Crippen LogP contribution is 2.13. The number of carbonyl (C=O) groups excluding carboxylic acids is 1. The van der Waals surface area contributed by atoms with E-state index in [1.165, 1.54) is 0 Å². The molecule has 0 saturated carbocycles. The predicted octanol–water partition coefficient (Wildman–Crippen LogP) is 1.77. The van der Waals surface area contributed by atoms with Gasteiger partial charge in [0.25, 0.3) is 5.91 Å². The number of carbonyl (C=O) groups is 1. The van der Waals surface area contributed by atoms with Gasteiger partial charge >= 0.3 is 0 Å². The molecule has 0 aliphatic carbocycles. The number of nitrogens with one attached hydrogen (secondary N) is 1. The summed E-state index contributed by atoms with van der Waals surface area (Å²) in [5.74, 6) is 0.605. The Morgan fingerprint density at radius 2 is 2.06 bits per heavy atom. The van der Waals surface area contributed by atoms with Crippen LogP contribution in [0.4, 0.5) is 0 Å². The largest absolute Gasteiger partial charge is 0.497 e. The quantitative estimate of drug-likeness (QED) is 0.866. The van der Waals surface area contributed by atoms with Gasteiger partial charge in [0, 0.05) is 17.6 Å². The number of hydrogen-bond acceptors (Lipinski definition) is 3. The molecule has 1 aromatic carbocycles. The minimum absolute atomic E-state index is 0.0826. The lowest BCUT2D eigenvalue weighted by molar-refractivity contribution is 0.0899. The summed E-state index contributed by atoms with van der Waals surface area (Å²) < 4.78 is 5.11. The van der Waals surface area contributed by atoms with Gasteiger partial charge in [0.15, 0.2) is 0 Å². The minimum Gasteiger partial charge on any atom is -0.497 e. The molecule has 18 heavy (non-hydrogen) atoms. The zero-order chi connectivity index (χ0) is 13.8. The molecular weight excluding hydrogens is 228 g/mol. The number of ether oxygens (including phenoxy) is 1. The lowest BCUT2D eigenvalue weighted by Crippen LogP contribution is -2.49. The third kappa shape index (κ3) is 4.37. The second kappa shape index (κ2) is 5.87. The Bertz CT molecular complexity index is 414. The molecule has 0 bridgehead atoms. The summed E-state index contributed by atoms with van der Waals surface area (Å²) in [6.45, 7) is 4.79. The molecule has 0 aliphatic rings. The summed E-state index contributed by atoms with van der Waals surface area (Å²) in [7, 11) is 5.56.